The highest BCUT2D eigenvalue weighted by molar-refractivity contribution is 5.86. The molecule has 9 nitrogen and oxygen atoms in total. The number of tetrazole rings is 1. The average molecular weight is 251 g/mol. The quantitative estimate of drug-likeness (QED) is 0.661. The minimum absolute atomic E-state index is 0.159. The second kappa shape index (κ2) is 5.34. The zero-order valence-corrected chi connectivity index (χ0v) is 10.1. The van der Waals surface area contributed by atoms with Gasteiger partial charge in [0.2, 0.25) is 0 Å². The number of esters is 1. The minimum atomic E-state index is -0.519. The molecule has 0 fully saturated rings. The average Bonchev–Trinajstić information content (AvgIpc) is 3.00. The van der Waals surface area contributed by atoms with Crippen LogP contribution in [0.2, 0.25) is 0 Å². The van der Waals surface area contributed by atoms with E-state index in [1.807, 2.05) is 6.92 Å². The molecule has 0 aliphatic rings. The number of aromatic nitrogens is 7. The SMILES string of the molecule is CCCn1nnnc1Cn1cc(C(=O)OC)nn1. The number of methoxy groups -OCH3 is 1. The van der Waals surface area contributed by atoms with Gasteiger partial charge in [0, 0.05) is 6.54 Å². The summed E-state index contributed by atoms with van der Waals surface area (Å²) in [4.78, 5) is 11.2. The topological polar surface area (TPSA) is 101 Å². The summed E-state index contributed by atoms with van der Waals surface area (Å²) in [5, 5.41) is 18.9. The van der Waals surface area contributed by atoms with Gasteiger partial charge in [0.15, 0.2) is 11.5 Å². The van der Waals surface area contributed by atoms with Crippen molar-refractivity contribution >= 4 is 5.97 Å². The van der Waals surface area contributed by atoms with Crippen molar-refractivity contribution in [1.29, 1.82) is 0 Å². The van der Waals surface area contributed by atoms with Crippen molar-refractivity contribution in [2.45, 2.75) is 26.4 Å². The molecule has 0 aromatic carbocycles. The van der Waals surface area contributed by atoms with E-state index in [4.69, 9.17) is 0 Å². The van der Waals surface area contributed by atoms with E-state index < -0.39 is 5.97 Å². The molecule has 2 aromatic rings. The van der Waals surface area contributed by atoms with E-state index in [1.165, 1.54) is 18.0 Å². The normalized spacial score (nSPS) is 10.6. The van der Waals surface area contributed by atoms with Crippen molar-refractivity contribution in [1.82, 2.24) is 35.2 Å². The van der Waals surface area contributed by atoms with E-state index >= 15 is 0 Å². The number of ether oxygens (including phenoxy) is 1. The summed E-state index contributed by atoms with van der Waals surface area (Å²) in [6.07, 6.45) is 2.43. The number of nitrogens with zero attached hydrogens (tertiary/aromatic N) is 7. The Morgan fingerprint density at radius 1 is 1.39 bits per heavy atom. The Balaban J connectivity index is 2.11. The molecule has 0 bridgehead atoms. The van der Waals surface area contributed by atoms with Gasteiger partial charge >= 0.3 is 5.97 Å². The lowest BCUT2D eigenvalue weighted by molar-refractivity contribution is 0.0594. The molecular formula is C9H13N7O2. The first-order valence-corrected chi connectivity index (χ1v) is 5.48. The molecule has 9 heteroatoms. The molecular weight excluding hydrogens is 238 g/mol. The summed E-state index contributed by atoms with van der Waals surface area (Å²) in [7, 11) is 1.29. The van der Waals surface area contributed by atoms with Crippen molar-refractivity contribution in [3.05, 3.63) is 17.7 Å². The fourth-order valence-corrected chi connectivity index (χ4v) is 1.44. The monoisotopic (exact) mass is 251 g/mol. The maximum absolute atomic E-state index is 11.2. The van der Waals surface area contributed by atoms with Crippen molar-refractivity contribution in [2.24, 2.45) is 0 Å². The zero-order valence-electron chi connectivity index (χ0n) is 10.1. The summed E-state index contributed by atoms with van der Waals surface area (Å²) in [6, 6.07) is 0. The highest BCUT2D eigenvalue weighted by Gasteiger charge is 2.12. The largest absolute Gasteiger partial charge is 0.464 e. The van der Waals surface area contributed by atoms with Gasteiger partial charge in [0.05, 0.1) is 13.3 Å². The van der Waals surface area contributed by atoms with E-state index in [1.54, 1.807) is 4.68 Å². The molecule has 0 saturated carbocycles. The summed E-state index contributed by atoms with van der Waals surface area (Å²) in [5.41, 5.74) is 0.159. The summed E-state index contributed by atoms with van der Waals surface area (Å²) in [5.74, 6) is 0.146. The van der Waals surface area contributed by atoms with Gasteiger partial charge in [-0.25, -0.2) is 14.2 Å². The van der Waals surface area contributed by atoms with Crippen LogP contribution >= 0.6 is 0 Å². The molecule has 0 atom stereocenters. The number of aryl methyl sites for hydroxylation is 1. The summed E-state index contributed by atoms with van der Waals surface area (Å²) < 4.78 is 7.73. The standard InChI is InChI=1S/C9H13N7O2/c1-3-4-16-8(11-12-14-16)6-15-5-7(10-13-15)9(17)18-2/h5H,3-4,6H2,1-2H3. The van der Waals surface area contributed by atoms with Gasteiger partial charge in [-0.3, -0.25) is 0 Å². The number of carbonyl (C=O) groups excluding carboxylic acids is 1. The number of hydrogen-bond acceptors (Lipinski definition) is 7. The van der Waals surface area contributed by atoms with Crippen LogP contribution < -0.4 is 0 Å². The van der Waals surface area contributed by atoms with Gasteiger partial charge < -0.3 is 4.74 Å². The van der Waals surface area contributed by atoms with Crippen LogP contribution in [0.25, 0.3) is 0 Å². The molecule has 0 unspecified atom stereocenters. The smallest absolute Gasteiger partial charge is 0.360 e. The Labute approximate surface area is 103 Å². The number of hydrogen-bond donors (Lipinski definition) is 0. The van der Waals surface area contributed by atoms with Crippen LogP contribution in [-0.2, 0) is 17.8 Å². The second-order valence-corrected chi connectivity index (χ2v) is 3.61. The predicted molar refractivity (Wildman–Crippen MR) is 58.6 cm³/mol. The predicted octanol–water partition coefficient (Wildman–Crippen LogP) is -0.491. The first-order chi connectivity index (χ1) is 8.74. The van der Waals surface area contributed by atoms with Crippen LogP contribution in [0, 0.1) is 0 Å². The van der Waals surface area contributed by atoms with Crippen LogP contribution in [-0.4, -0.2) is 48.3 Å². The first kappa shape index (κ1) is 12.1. The first-order valence-electron chi connectivity index (χ1n) is 5.48. The van der Waals surface area contributed by atoms with E-state index in [2.05, 4.69) is 30.6 Å². The van der Waals surface area contributed by atoms with Crippen molar-refractivity contribution in [3.8, 4) is 0 Å². The minimum Gasteiger partial charge on any atom is -0.464 e. The highest BCUT2D eigenvalue weighted by Crippen LogP contribution is 2.00. The third kappa shape index (κ3) is 2.50. The van der Waals surface area contributed by atoms with Gasteiger partial charge in [-0.1, -0.05) is 12.1 Å². The van der Waals surface area contributed by atoms with Gasteiger partial charge in [-0.2, -0.15) is 0 Å². The Morgan fingerprint density at radius 3 is 2.94 bits per heavy atom. The van der Waals surface area contributed by atoms with Crippen LogP contribution in [0.15, 0.2) is 6.20 Å². The maximum Gasteiger partial charge on any atom is 0.360 e. The van der Waals surface area contributed by atoms with E-state index in [-0.39, 0.29) is 5.69 Å². The molecule has 0 aliphatic carbocycles. The van der Waals surface area contributed by atoms with Crippen LogP contribution in [0.5, 0.6) is 0 Å². The van der Waals surface area contributed by atoms with Crippen molar-refractivity contribution < 1.29 is 9.53 Å². The van der Waals surface area contributed by atoms with Gasteiger partial charge in [-0.15, -0.1) is 10.2 Å². The third-order valence-corrected chi connectivity index (χ3v) is 2.28. The number of carbonyl (C=O) groups is 1. The molecule has 96 valence electrons. The van der Waals surface area contributed by atoms with Crippen molar-refractivity contribution in [3.63, 3.8) is 0 Å². The van der Waals surface area contributed by atoms with Gasteiger partial charge in [0.1, 0.15) is 6.54 Å². The maximum atomic E-state index is 11.2. The highest BCUT2D eigenvalue weighted by atomic mass is 16.5. The Morgan fingerprint density at radius 2 is 2.22 bits per heavy atom. The van der Waals surface area contributed by atoms with E-state index in [0.29, 0.717) is 12.4 Å². The molecule has 0 aliphatic heterocycles. The fraction of sp³-hybridized carbons (Fsp3) is 0.556. The molecule has 18 heavy (non-hydrogen) atoms. The van der Waals surface area contributed by atoms with Crippen molar-refractivity contribution in [2.75, 3.05) is 7.11 Å². The lowest BCUT2D eigenvalue weighted by Crippen LogP contribution is -2.10. The second-order valence-electron chi connectivity index (χ2n) is 3.61. The van der Waals surface area contributed by atoms with Crippen LogP contribution in [0.4, 0.5) is 0 Å². The Kier molecular flexibility index (Phi) is 3.60. The Bertz CT molecular complexity index is 533. The molecule has 0 N–H and O–H groups in total. The van der Waals surface area contributed by atoms with Crippen LogP contribution in [0.1, 0.15) is 29.7 Å². The van der Waals surface area contributed by atoms with Gasteiger partial charge in [0.25, 0.3) is 0 Å². The summed E-state index contributed by atoms with van der Waals surface area (Å²) >= 11 is 0. The van der Waals surface area contributed by atoms with E-state index in [9.17, 15) is 4.79 Å². The molecule has 0 saturated heterocycles. The molecule has 0 amide bonds. The Hall–Kier alpha value is -2.32. The molecule has 2 aromatic heterocycles. The molecule has 0 radical (unpaired) electrons. The molecule has 2 heterocycles. The lowest BCUT2D eigenvalue weighted by Gasteiger charge is -2.01. The molecule has 0 spiro atoms. The lowest BCUT2D eigenvalue weighted by atomic mass is 10.4. The summed E-state index contributed by atoms with van der Waals surface area (Å²) in [6.45, 7) is 3.13. The fourth-order valence-electron chi connectivity index (χ4n) is 1.44. The third-order valence-electron chi connectivity index (χ3n) is 2.28. The number of rotatable bonds is 5. The van der Waals surface area contributed by atoms with E-state index in [0.717, 1.165) is 13.0 Å². The van der Waals surface area contributed by atoms with Crippen LogP contribution in [0.3, 0.4) is 0 Å². The van der Waals surface area contributed by atoms with Gasteiger partial charge in [-0.05, 0) is 16.8 Å². The zero-order chi connectivity index (χ0) is 13.0. The molecule has 2 rings (SSSR count).